The minimum Gasteiger partial charge on any atom is -0.469 e. The molecule has 8 atom stereocenters. The summed E-state index contributed by atoms with van der Waals surface area (Å²) in [5, 5.41) is 3.04. The molecule has 4 fully saturated rings. The Morgan fingerprint density at radius 3 is 2.50 bits per heavy atom. The van der Waals surface area contributed by atoms with E-state index in [2.05, 4.69) is 39.1 Å². The number of nitrogens with one attached hydrogen (secondary N) is 1. The van der Waals surface area contributed by atoms with Crippen LogP contribution in [0.25, 0.3) is 0 Å². The summed E-state index contributed by atoms with van der Waals surface area (Å²) in [5.74, 6) is 1.09. The molecule has 0 radical (unpaired) electrons. The van der Waals surface area contributed by atoms with Crippen molar-refractivity contribution in [2.45, 2.75) is 85.5 Å². The van der Waals surface area contributed by atoms with Crippen molar-refractivity contribution in [2.24, 2.45) is 51.8 Å². The zero-order valence-electron chi connectivity index (χ0n) is 22.7. The Balaban J connectivity index is 1.50. The van der Waals surface area contributed by atoms with Gasteiger partial charge in [0.05, 0.1) is 13.5 Å². The van der Waals surface area contributed by atoms with Crippen molar-refractivity contribution >= 4 is 23.4 Å². The minimum absolute atomic E-state index is 0.0412. The molecule has 36 heavy (non-hydrogen) atoms. The summed E-state index contributed by atoms with van der Waals surface area (Å²) < 4.78 is 4.73. The van der Waals surface area contributed by atoms with Crippen LogP contribution in [-0.4, -0.2) is 37.1 Å². The van der Waals surface area contributed by atoms with Gasteiger partial charge in [-0.1, -0.05) is 45.8 Å². The Hall–Kier alpha value is -1.98. The normalized spacial score (nSPS) is 43.3. The number of rotatable bonds is 5. The molecule has 198 valence electrons. The number of hydrogen-bond acceptors (Lipinski definition) is 5. The third kappa shape index (κ3) is 3.49. The van der Waals surface area contributed by atoms with E-state index in [0.29, 0.717) is 42.8 Å². The SMILES string of the molecule is COC(=O)CCNC(=O)[C@]1(C)CCC[C@]2(C)[C@H]3C[C@H]4C(C(C)C)=C[C@]3(CC[C@H]21)[C@@H]1C(=O)CCC(=O)[C@@H]14. The molecule has 0 unspecified atom stereocenters. The first-order valence-electron chi connectivity index (χ1n) is 14.1. The first-order chi connectivity index (χ1) is 17.0. The summed E-state index contributed by atoms with van der Waals surface area (Å²) in [6, 6.07) is 0. The van der Waals surface area contributed by atoms with Crippen LogP contribution in [-0.2, 0) is 23.9 Å². The Kier molecular flexibility index (Phi) is 6.27. The molecule has 0 aromatic heterocycles. The maximum atomic E-state index is 13.6. The van der Waals surface area contributed by atoms with E-state index in [1.54, 1.807) is 0 Å². The second kappa shape index (κ2) is 8.80. The standard InChI is InChI=1S/C30H43NO5/c1-17(2)19-16-30-13-9-22-28(3,11-6-12-29(22,4)27(35)31-14-10-24(34)36-5)23(30)15-18(19)25-20(32)7-8-21(33)26(25)30/h16-18,22-23,25-26H,6-15H2,1-5H3,(H,31,35)/t18-,22+,23+,25-,26+,28-,29+,30-/m0/s1. The maximum absolute atomic E-state index is 13.6. The van der Waals surface area contributed by atoms with Crippen molar-refractivity contribution < 1.29 is 23.9 Å². The van der Waals surface area contributed by atoms with Crippen LogP contribution in [0.4, 0.5) is 0 Å². The number of allylic oxidation sites excluding steroid dienone is 2. The molecule has 0 aromatic carbocycles. The van der Waals surface area contributed by atoms with Crippen LogP contribution < -0.4 is 5.32 Å². The highest BCUT2D eigenvalue weighted by atomic mass is 16.5. The number of methoxy groups -OCH3 is 1. The number of carbonyl (C=O) groups is 4. The van der Waals surface area contributed by atoms with Gasteiger partial charge in [-0.15, -0.1) is 0 Å². The van der Waals surface area contributed by atoms with E-state index < -0.39 is 5.41 Å². The van der Waals surface area contributed by atoms with Gasteiger partial charge >= 0.3 is 5.97 Å². The average Bonchev–Trinajstić information content (AvgIpc) is 2.85. The highest BCUT2D eigenvalue weighted by molar-refractivity contribution is 5.98. The lowest BCUT2D eigenvalue weighted by atomic mass is 9.33. The number of fused-ring (bicyclic) bond motifs is 1. The topological polar surface area (TPSA) is 89.5 Å². The van der Waals surface area contributed by atoms with E-state index in [-0.39, 0.29) is 52.8 Å². The lowest BCUT2D eigenvalue weighted by Gasteiger charge is -2.70. The summed E-state index contributed by atoms with van der Waals surface area (Å²) in [6.07, 6.45) is 9.09. The van der Waals surface area contributed by atoms with E-state index in [1.807, 2.05) is 0 Å². The predicted octanol–water partition coefficient (Wildman–Crippen LogP) is 4.66. The summed E-state index contributed by atoms with van der Waals surface area (Å²) in [7, 11) is 1.36. The van der Waals surface area contributed by atoms with Crippen molar-refractivity contribution in [3.63, 3.8) is 0 Å². The van der Waals surface area contributed by atoms with Crippen molar-refractivity contribution in [3.8, 4) is 0 Å². The van der Waals surface area contributed by atoms with Crippen molar-refractivity contribution in [2.75, 3.05) is 13.7 Å². The Morgan fingerprint density at radius 2 is 1.81 bits per heavy atom. The van der Waals surface area contributed by atoms with Gasteiger partial charge in [-0.25, -0.2) is 0 Å². The number of amides is 1. The van der Waals surface area contributed by atoms with Crippen LogP contribution in [0.2, 0.25) is 0 Å². The van der Waals surface area contributed by atoms with Crippen molar-refractivity contribution in [1.29, 1.82) is 0 Å². The van der Waals surface area contributed by atoms with Gasteiger partial charge < -0.3 is 10.1 Å². The second-order valence-electron chi connectivity index (χ2n) is 13.2. The van der Waals surface area contributed by atoms with Crippen molar-refractivity contribution in [1.82, 2.24) is 5.32 Å². The fourth-order valence-corrected chi connectivity index (χ4v) is 9.94. The van der Waals surface area contributed by atoms with E-state index in [1.165, 1.54) is 12.7 Å². The van der Waals surface area contributed by atoms with Crippen LogP contribution in [0.5, 0.6) is 0 Å². The Bertz CT molecular complexity index is 1010. The van der Waals surface area contributed by atoms with Gasteiger partial charge in [0.2, 0.25) is 5.91 Å². The average molecular weight is 498 g/mol. The van der Waals surface area contributed by atoms with Gasteiger partial charge in [0.1, 0.15) is 11.6 Å². The fraction of sp³-hybridized carbons (Fsp3) is 0.800. The smallest absolute Gasteiger partial charge is 0.307 e. The van der Waals surface area contributed by atoms with E-state index in [0.717, 1.165) is 38.5 Å². The summed E-state index contributed by atoms with van der Waals surface area (Å²) in [6.45, 7) is 9.25. The molecule has 0 aliphatic heterocycles. The highest BCUT2D eigenvalue weighted by Crippen LogP contribution is 2.74. The third-order valence-electron chi connectivity index (χ3n) is 11.4. The number of carbonyl (C=O) groups excluding carboxylic acids is 4. The molecule has 6 nitrogen and oxygen atoms in total. The number of ketones is 2. The van der Waals surface area contributed by atoms with Gasteiger partial charge in [-0.05, 0) is 61.2 Å². The maximum Gasteiger partial charge on any atom is 0.307 e. The quantitative estimate of drug-likeness (QED) is 0.441. The van der Waals surface area contributed by atoms with Crippen LogP contribution in [0, 0.1) is 51.8 Å². The van der Waals surface area contributed by atoms with Crippen LogP contribution in [0.1, 0.15) is 85.5 Å². The molecule has 4 saturated carbocycles. The first kappa shape index (κ1) is 25.7. The van der Waals surface area contributed by atoms with Crippen LogP contribution in [0.3, 0.4) is 0 Å². The lowest BCUT2D eigenvalue weighted by Crippen LogP contribution is -2.67. The molecule has 6 rings (SSSR count). The first-order valence-corrected chi connectivity index (χ1v) is 14.1. The minimum atomic E-state index is -0.502. The zero-order valence-corrected chi connectivity index (χ0v) is 22.7. The van der Waals surface area contributed by atoms with Crippen LogP contribution in [0.15, 0.2) is 11.6 Å². The molecule has 6 aliphatic rings. The molecule has 1 spiro atoms. The molecular weight excluding hydrogens is 454 g/mol. The molecule has 0 aromatic rings. The number of ether oxygens (including phenoxy) is 1. The number of hydrogen-bond donors (Lipinski definition) is 1. The lowest BCUT2D eigenvalue weighted by molar-refractivity contribution is -0.194. The predicted molar refractivity (Wildman–Crippen MR) is 136 cm³/mol. The molecule has 2 bridgehead atoms. The zero-order chi connectivity index (χ0) is 26.0. The van der Waals surface area contributed by atoms with Gasteiger partial charge in [-0.3, -0.25) is 19.2 Å². The highest BCUT2D eigenvalue weighted by Gasteiger charge is 2.70. The number of Topliss-reactive ketones (excluding diaryl/α,β-unsaturated/α-hetero) is 2. The van der Waals surface area contributed by atoms with Gasteiger partial charge in [0, 0.05) is 42.1 Å². The van der Waals surface area contributed by atoms with Crippen molar-refractivity contribution in [3.05, 3.63) is 11.6 Å². The monoisotopic (exact) mass is 497 g/mol. The summed E-state index contributed by atoms with van der Waals surface area (Å²) >= 11 is 0. The second-order valence-corrected chi connectivity index (χ2v) is 13.2. The fourth-order valence-electron chi connectivity index (χ4n) is 9.94. The Morgan fingerprint density at radius 1 is 1.08 bits per heavy atom. The Labute approximate surface area is 215 Å². The molecular formula is C30H43NO5. The van der Waals surface area contributed by atoms with E-state index in [4.69, 9.17) is 4.74 Å². The van der Waals surface area contributed by atoms with Gasteiger partial charge in [0.15, 0.2) is 0 Å². The molecule has 1 amide bonds. The molecule has 6 heteroatoms. The van der Waals surface area contributed by atoms with E-state index in [9.17, 15) is 19.2 Å². The van der Waals surface area contributed by atoms with Gasteiger partial charge in [-0.2, -0.15) is 0 Å². The molecule has 1 N–H and O–H groups in total. The third-order valence-corrected chi connectivity index (χ3v) is 11.4. The van der Waals surface area contributed by atoms with Crippen LogP contribution >= 0.6 is 0 Å². The van der Waals surface area contributed by atoms with Gasteiger partial charge in [0.25, 0.3) is 0 Å². The summed E-state index contributed by atoms with van der Waals surface area (Å²) in [4.78, 5) is 51.9. The number of esters is 1. The summed E-state index contributed by atoms with van der Waals surface area (Å²) in [5.41, 5.74) is 0.583. The molecule has 0 saturated heterocycles. The molecule has 0 heterocycles. The largest absolute Gasteiger partial charge is 0.469 e. The molecule has 6 aliphatic carbocycles. The van der Waals surface area contributed by atoms with E-state index >= 15 is 0 Å².